The van der Waals surface area contributed by atoms with Crippen molar-refractivity contribution in [2.24, 2.45) is 5.92 Å². The second-order valence-corrected chi connectivity index (χ2v) is 2.79. The Balaban J connectivity index is 2.24. The maximum absolute atomic E-state index is 9.05. The van der Waals surface area contributed by atoms with Crippen LogP contribution in [0.15, 0.2) is 0 Å². The Hall–Kier alpha value is 0.0249. The Morgan fingerprint density at radius 2 is 1.88 bits per heavy atom. The van der Waals surface area contributed by atoms with E-state index in [1.54, 1.807) is 0 Å². The van der Waals surface area contributed by atoms with E-state index in [4.69, 9.17) is 5.11 Å². The molecule has 0 aromatic rings. The zero-order valence-corrected chi connectivity index (χ0v) is 5.43. The van der Waals surface area contributed by atoms with E-state index in [0.29, 0.717) is 5.92 Å². The van der Waals surface area contributed by atoms with E-state index in [0.717, 1.165) is 0 Å². The summed E-state index contributed by atoms with van der Waals surface area (Å²) in [7, 11) is 1.90. The van der Waals surface area contributed by atoms with Crippen molar-refractivity contribution in [3.63, 3.8) is 0 Å². The van der Waals surface area contributed by atoms with Crippen molar-refractivity contribution in [2.75, 3.05) is 0 Å². The lowest BCUT2D eigenvalue weighted by Gasteiger charge is -2.10. The summed E-state index contributed by atoms with van der Waals surface area (Å²) in [6.07, 6.45) is 5.15. The third-order valence-corrected chi connectivity index (χ3v) is 2.08. The van der Waals surface area contributed by atoms with Crippen LogP contribution in [0.25, 0.3) is 0 Å². The first-order valence-electron chi connectivity index (χ1n) is 3.49. The summed E-state index contributed by atoms with van der Waals surface area (Å²) >= 11 is 0. The second-order valence-electron chi connectivity index (χ2n) is 2.79. The maximum Gasteiger partial charge on any atom is 0.139 e. The molecule has 1 atom stereocenters. The highest BCUT2D eigenvalue weighted by atomic mass is 16.3. The second kappa shape index (κ2) is 2.54. The molecular weight excluding hydrogens is 98.9 g/mol. The SMILES string of the molecule is BC(O)C1CCCC1. The van der Waals surface area contributed by atoms with Crippen molar-refractivity contribution < 1.29 is 5.11 Å². The average Bonchev–Trinajstić information content (AvgIpc) is 2.12. The van der Waals surface area contributed by atoms with Crippen molar-refractivity contribution in [3.8, 4) is 0 Å². The van der Waals surface area contributed by atoms with E-state index in [1.165, 1.54) is 25.7 Å². The van der Waals surface area contributed by atoms with Gasteiger partial charge in [-0.1, -0.05) is 12.8 Å². The van der Waals surface area contributed by atoms with Gasteiger partial charge in [-0.3, -0.25) is 0 Å². The third kappa shape index (κ3) is 1.25. The quantitative estimate of drug-likeness (QED) is 0.478. The summed E-state index contributed by atoms with van der Waals surface area (Å²) < 4.78 is 0. The Labute approximate surface area is 51.5 Å². The lowest BCUT2D eigenvalue weighted by Crippen LogP contribution is -2.16. The van der Waals surface area contributed by atoms with E-state index in [1.807, 2.05) is 7.85 Å². The molecule has 1 nitrogen and oxygen atoms in total. The molecule has 1 saturated carbocycles. The maximum atomic E-state index is 9.05. The molecule has 1 fully saturated rings. The van der Waals surface area contributed by atoms with Crippen LogP contribution in [-0.4, -0.2) is 19.0 Å². The van der Waals surface area contributed by atoms with Crippen molar-refractivity contribution in [2.45, 2.75) is 31.7 Å². The van der Waals surface area contributed by atoms with Crippen LogP contribution in [0.1, 0.15) is 25.7 Å². The minimum atomic E-state index is -0.0579. The average molecular weight is 112 g/mol. The number of rotatable bonds is 1. The molecule has 1 aliphatic rings. The fourth-order valence-electron chi connectivity index (χ4n) is 1.44. The number of aliphatic hydroxyl groups excluding tert-OH is 1. The molecule has 0 spiro atoms. The largest absolute Gasteiger partial charge is 0.402 e. The summed E-state index contributed by atoms with van der Waals surface area (Å²) in [5.41, 5.74) is 0. The zero-order chi connectivity index (χ0) is 5.98. The molecule has 0 radical (unpaired) electrons. The van der Waals surface area contributed by atoms with Crippen LogP contribution in [0, 0.1) is 5.92 Å². The standard InChI is InChI=1S/C6H13BO/c7-6(8)5-3-1-2-4-5/h5-6,8H,1-4,7H2. The Bertz CT molecular complexity index is 66.9. The van der Waals surface area contributed by atoms with Crippen molar-refractivity contribution in [1.29, 1.82) is 0 Å². The van der Waals surface area contributed by atoms with E-state index in [-0.39, 0.29) is 6.00 Å². The van der Waals surface area contributed by atoms with E-state index in [9.17, 15) is 0 Å². The van der Waals surface area contributed by atoms with Gasteiger partial charge in [0.25, 0.3) is 0 Å². The highest BCUT2D eigenvalue weighted by Crippen LogP contribution is 2.26. The molecule has 0 amide bonds. The van der Waals surface area contributed by atoms with Gasteiger partial charge in [0.2, 0.25) is 0 Å². The fourth-order valence-corrected chi connectivity index (χ4v) is 1.44. The van der Waals surface area contributed by atoms with Gasteiger partial charge >= 0.3 is 0 Å². The van der Waals surface area contributed by atoms with Crippen molar-refractivity contribution in [3.05, 3.63) is 0 Å². The van der Waals surface area contributed by atoms with Gasteiger partial charge in [-0.2, -0.15) is 0 Å². The lowest BCUT2D eigenvalue weighted by atomic mass is 9.86. The van der Waals surface area contributed by atoms with Crippen LogP contribution in [0.4, 0.5) is 0 Å². The molecule has 0 aromatic heterocycles. The van der Waals surface area contributed by atoms with Crippen LogP contribution in [0.2, 0.25) is 0 Å². The highest BCUT2D eigenvalue weighted by Gasteiger charge is 2.18. The van der Waals surface area contributed by atoms with Crippen LogP contribution >= 0.6 is 0 Å². The first-order valence-corrected chi connectivity index (χ1v) is 3.49. The summed E-state index contributed by atoms with van der Waals surface area (Å²) in [4.78, 5) is 0. The lowest BCUT2D eigenvalue weighted by molar-refractivity contribution is 0.187. The molecule has 1 N–H and O–H groups in total. The van der Waals surface area contributed by atoms with Crippen LogP contribution in [0.3, 0.4) is 0 Å². The van der Waals surface area contributed by atoms with E-state index < -0.39 is 0 Å². The smallest absolute Gasteiger partial charge is 0.139 e. The molecule has 1 rings (SSSR count). The minimum Gasteiger partial charge on any atom is -0.402 e. The molecule has 1 aliphatic carbocycles. The molecule has 2 heteroatoms. The number of hydrogen-bond acceptors (Lipinski definition) is 1. The van der Waals surface area contributed by atoms with Gasteiger partial charge in [0.15, 0.2) is 0 Å². The van der Waals surface area contributed by atoms with Gasteiger partial charge in [0.1, 0.15) is 7.85 Å². The Kier molecular flexibility index (Phi) is 1.95. The van der Waals surface area contributed by atoms with Gasteiger partial charge in [-0.15, -0.1) is 0 Å². The summed E-state index contributed by atoms with van der Waals surface area (Å²) in [6, 6.07) is -0.0579. The fraction of sp³-hybridized carbons (Fsp3) is 1.00. The zero-order valence-electron chi connectivity index (χ0n) is 5.43. The van der Waals surface area contributed by atoms with Gasteiger partial charge in [-0.25, -0.2) is 0 Å². The van der Waals surface area contributed by atoms with Crippen molar-refractivity contribution >= 4 is 7.85 Å². The van der Waals surface area contributed by atoms with Gasteiger partial charge in [0.05, 0.1) is 0 Å². The third-order valence-electron chi connectivity index (χ3n) is 2.08. The number of aliphatic hydroxyl groups is 1. The van der Waals surface area contributed by atoms with Gasteiger partial charge in [0, 0.05) is 6.00 Å². The minimum absolute atomic E-state index is 0.0579. The molecule has 8 heavy (non-hydrogen) atoms. The Morgan fingerprint density at radius 1 is 1.38 bits per heavy atom. The first-order chi connectivity index (χ1) is 3.80. The molecule has 0 heterocycles. The Morgan fingerprint density at radius 3 is 2.12 bits per heavy atom. The predicted octanol–water partition coefficient (Wildman–Crippen LogP) is 0.128. The highest BCUT2D eigenvalue weighted by molar-refractivity contribution is 6.10. The molecule has 0 aliphatic heterocycles. The molecule has 0 bridgehead atoms. The molecule has 0 aromatic carbocycles. The first kappa shape index (κ1) is 6.15. The topological polar surface area (TPSA) is 20.2 Å². The van der Waals surface area contributed by atoms with Gasteiger partial charge in [-0.05, 0) is 18.8 Å². The monoisotopic (exact) mass is 112 g/mol. The van der Waals surface area contributed by atoms with E-state index >= 15 is 0 Å². The summed E-state index contributed by atoms with van der Waals surface area (Å²) in [5.74, 6) is 0.620. The molecular formula is C6H13BO. The molecule has 1 unspecified atom stereocenters. The van der Waals surface area contributed by atoms with Crippen LogP contribution < -0.4 is 0 Å². The number of hydrogen-bond donors (Lipinski definition) is 1. The normalized spacial score (nSPS) is 26.1. The van der Waals surface area contributed by atoms with Crippen LogP contribution in [-0.2, 0) is 0 Å². The molecule has 46 valence electrons. The molecule has 0 saturated heterocycles. The van der Waals surface area contributed by atoms with E-state index in [2.05, 4.69) is 0 Å². The van der Waals surface area contributed by atoms with Crippen molar-refractivity contribution in [1.82, 2.24) is 0 Å². The summed E-state index contributed by atoms with van der Waals surface area (Å²) in [5, 5.41) is 9.05. The predicted molar refractivity (Wildman–Crippen MR) is 36.5 cm³/mol. The van der Waals surface area contributed by atoms with Gasteiger partial charge < -0.3 is 5.11 Å². The van der Waals surface area contributed by atoms with Crippen LogP contribution in [0.5, 0.6) is 0 Å². The summed E-state index contributed by atoms with van der Waals surface area (Å²) in [6.45, 7) is 0.